The minimum atomic E-state index is -1.05. The van der Waals surface area contributed by atoms with Gasteiger partial charge >= 0.3 is 5.97 Å². The molecule has 4 N–H and O–H groups in total. The molecule has 0 radical (unpaired) electrons. The highest BCUT2D eigenvalue weighted by Gasteiger charge is 2.13. The molecule has 0 unspecified atom stereocenters. The summed E-state index contributed by atoms with van der Waals surface area (Å²) >= 11 is 0. The van der Waals surface area contributed by atoms with E-state index < -0.39 is 5.97 Å². The third-order valence-electron chi connectivity index (χ3n) is 3.66. The molecule has 7 nitrogen and oxygen atoms in total. The maximum absolute atomic E-state index is 11.4. The minimum absolute atomic E-state index is 0.0766. The van der Waals surface area contributed by atoms with Crippen molar-refractivity contribution in [1.82, 2.24) is 4.98 Å². The maximum atomic E-state index is 11.4. The lowest BCUT2D eigenvalue weighted by atomic mass is 10.1. The van der Waals surface area contributed by atoms with Gasteiger partial charge in [-0.2, -0.15) is 0 Å². The number of amides is 1. The van der Waals surface area contributed by atoms with Crippen LogP contribution in [0.2, 0.25) is 0 Å². The number of rotatable bonds is 5. The van der Waals surface area contributed by atoms with E-state index in [1.807, 2.05) is 24.3 Å². The number of carbonyl (C=O) groups excluding carboxylic acids is 1. The number of aromatic nitrogens is 1. The zero-order valence-corrected chi connectivity index (χ0v) is 13.7. The van der Waals surface area contributed by atoms with Gasteiger partial charge in [0.05, 0.1) is 18.3 Å². The van der Waals surface area contributed by atoms with Gasteiger partial charge in [0.1, 0.15) is 11.4 Å². The van der Waals surface area contributed by atoms with Crippen LogP contribution in [0, 0.1) is 0 Å². The molecule has 2 aromatic carbocycles. The van der Waals surface area contributed by atoms with Crippen molar-refractivity contribution in [3.63, 3.8) is 0 Å². The summed E-state index contributed by atoms with van der Waals surface area (Å²) < 4.78 is 5.14. The highest BCUT2D eigenvalue weighted by molar-refractivity contribution is 6.03. The quantitative estimate of drug-likeness (QED) is 0.569. The van der Waals surface area contributed by atoms with E-state index >= 15 is 0 Å². The predicted molar refractivity (Wildman–Crippen MR) is 95.8 cm³/mol. The summed E-state index contributed by atoms with van der Waals surface area (Å²) in [6.45, 7) is 1.41. The Morgan fingerprint density at radius 1 is 1.08 bits per heavy atom. The molecular weight excluding hydrogens is 322 g/mol. The summed E-state index contributed by atoms with van der Waals surface area (Å²) in [5, 5.41) is 15.9. The molecule has 1 heterocycles. The Kier molecular flexibility index (Phi) is 4.30. The fraction of sp³-hybridized carbons (Fsp3) is 0.111. The number of hydrogen-bond donors (Lipinski definition) is 4. The van der Waals surface area contributed by atoms with E-state index in [2.05, 4.69) is 15.6 Å². The normalized spacial score (nSPS) is 10.5. The van der Waals surface area contributed by atoms with Crippen molar-refractivity contribution in [2.75, 3.05) is 17.7 Å². The lowest BCUT2D eigenvalue weighted by molar-refractivity contribution is -0.114. The molecule has 0 fully saturated rings. The van der Waals surface area contributed by atoms with E-state index in [4.69, 9.17) is 4.74 Å². The average molecular weight is 339 g/mol. The molecule has 0 aliphatic carbocycles. The highest BCUT2D eigenvalue weighted by atomic mass is 16.5. The Bertz CT molecular complexity index is 945. The van der Waals surface area contributed by atoms with Crippen LogP contribution in [0.1, 0.15) is 17.4 Å². The number of hydrogen-bond acceptors (Lipinski definition) is 4. The number of carboxylic acid groups (broad SMARTS) is 1. The van der Waals surface area contributed by atoms with Gasteiger partial charge in [0.15, 0.2) is 0 Å². The van der Waals surface area contributed by atoms with Crippen molar-refractivity contribution in [2.45, 2.75) is 6.92 Å². The minimum Gasteiger partial charge on any atom is -0.497 e. The molecule has 128 valence electrons. The first-order valence-corrected chi connectivity index (χ1v) is 7.55. The van der Waals surface area contributed by atoms with Crippen molar-refractivity contribution < 1.29 is 19.4 Å². The lowest BCUT2D eigenvalue weighted by Crippen LogP contribution is -2.06. The largest absolute Gasteiger partial charge is 0.497 e. The standard InChI is InChI=1S/C18H17N3O4/c1-10(22)19-12-7-15(20-11-3-5-13(25-2)6-4-11)14-9-17(18(23)24)21-16(14)8-12/h3-9,20-21H,1-2H3,(H,19,22)(H,23,24). The molecule has 1 amide bonds. The SMILES string of the molecule is COc1ccc(Nc2cc(NC(C)=O)cc3[nH]c(C(=O)O)cc23)cc1. The van der Waals surface area contributed by atoms with E-state index in [-0.39, 0.29) is 11.6 Å². The molecule has 3 aromatic rings. The van der Waals surface area contributed by atoms with Gasteiger partial charge in [-0.1, -0.05) is 0 Å². The zero-order chi connectivity index (χ0) is 18.0. The highest BCUT2D eigenvalue weighted by Crippen LogP contribution is 2.31. The summed E-state index contributed by atoms with van der Waals surface area (Å²) in [5.74, 6) is -0.523. The third kappa shape index (κ3) is 3.55. The molecule has 7 heteroatoms. The summed E-state index contributed by atoms with van der Waals surface area (Å²) in [6, 6.07) is 12.3. The molecule has 0 aliphatic rings. The average Bonchev–Trinajstić information content (AvgIpc) is 2.99. The number of anilines is 3. The first-order chi connectivity index (χ1) is 12.0. The summed E-state index contributed by atoms with van der Waals surface area (Å²) in [6.07, 6.45) is 0. The lowest BCUT2D eigenvalue weighted by Gasteiger charge is -2.11. The number of H-pyrrole nitrogens is 1. The number of nitrogens with one attached hydrogen (secondary N) is 3. The molecule has 0 bridgehead atoms. The molecule has 3 rings (SSSR count). The van der Waals surface area contributed by atoms with Crippen LogP contribution in [0.25, 0.3) is 10.9 Å². The number of aromatic carboxylic acids is 1. The van der Waals surface area contributed by atoms with Crippen LogP contribution in [0.3, 0.4) is 0 Å². The number of carboxylic acids is 1. The van der Waals surface area contributed by atoms with Crippen LogP contribution >= 0.6 is 0 Å². The first-order valence-electron chi connectivity index (χ1n) is 7.55. The van der Waals surface area contributed by atoms with E-state index in [0.29, 0.717) is 22.3 Å². The van der Waals surface area contributed by atoms with E-state index in [1.165, 1.54) is 6.92 Å². The Labute approximate surface area is 143 Å². The van der Waals surface area contributed by atoms with Crippen LogP contribution in [0.4, 0.5) is 17.1 Å². The second-order valence-corrected chi connectivity index (χ2v) is 5.51. The second kappa shape index (κ2) is 6.56. The monoisotopic (exact) mass is 339 g/mol. The topological polar surface area (TPSA) is 103 Å². The molecule has 0 aliphatic heterocycles. The smallest absolute Gasteiger partial charge is 0.352 e. The number of ether oxygens (including phenoxy) is 1. The summed E-state index contributed by atoms with van der Waals surface area (Å²) in [7, 11) is 1.59. The van der Waals surface area contributed by atoms with E-state index in [0.717, 1.165) is 11.4 Å². The molecule has 0 saturated heterocycles. The number of aromatic amines is 1. The molecule has 0 atom stereocenters. The summed E-state index contributed by atoms with van der Waals surface area (Å²) in [4.78, 5) is 25.4. The molecule has 1 aromatic heterocycles. The third-order valence-corrected chi connectivity index (χ3v) is 3.66. The first kappa shape index (κ1) is 16.4. The van der Waals surface area contributed by atoms with Gasteiger partial charge < -0.3 is 25.5 Å². The van der Waals surface area contributed by atoms with Gasteiger partial charge in [-0.3, -0.25) is 4.79 Å². The predicted octanol–water partition coefficient (Wildman–Crippen LogP) is 3.58. The number of carbonyl (C=O) groups is 2. The van der Waals surface area contributed by atoms with Crippen molar-refractivity contribution in [3.05, 3.63) is 48.2 Å². The Hall–Kier alpha value is -3.48. The van der Waals surface area contributed by atoms with E-state index in [9.17, 15) is 14.7 Å². The van der Waals surface area contributed by atoms with Gasteiger partial charge in [-0.15, -0.1) is 0 Å². The second-order valence-electron chi connectivity index (χ2n) is 5.51. The molecular formula is C18H17N3O4. The van der Waals surface area contributed by atoms with E-state index in [1.54, 1.807) is 25.3 Å². The van der Waals surface area contributed by atoms with Crippen LogP contribution in [0.15, 0.2) is 42.5 Å². The van der Waals surface area contributed by atoms with Crippen LogP contribution in [-0.2, 0) is 4.79 Å². The number of methoxy groups -OCH3 is 1. The summed E-state index contributed by atoms with van der Waals surface area (Å²) in [5.41, 5.74) is 2.73. The van der Waals surface area contributed by atoms with Crippen molar-refractivity contribution >= 4 is 39.8 Å². The van der Waals surface area contributed by atoms with Gasteiger partial charge in [-0.25, -0.2) is 4.79 Å². The van der Waals surface area contributed by atoms with Gasteiger partial charge in [0.2, 0.25) is 5.91 Å². The Morgan fingerprint density at radius 2 is 1.80 bits per heavy atom. The zero-order valence-electron chi connectivity index (χ0n) is 13.7. The number of fused-ring (bicyclic) bond motifs is 1. The Morgan fingerprint density at radius 3 is 2.40 bits per heavy atom. The van der Waals surface area contributed by atoms with Crippen LogP contribution in [-0.4, -0.2) is 29.1 Å². The Balaban J connectivity index is 2.05. The van der Waals surface area contributed by atoms with Gasteiger partial charge in [0, 0.05) is 23.7 Å². The van der Waals surface area contributed by atoms with Crippen LogP contribution < -0.4 is 15.4 Å². The fourth-order valence-corrected chi connectivity index (χ4v) is 2.56. The number of benzene rings is 2. The fourth-order valence-electron chi connectivity index (χ4n) is 2.56. The van der Waals surface area contributed by atoms with Crippen molar-refractivity contribution in [1.29, 1.82) is 0 Å². The molecule has 0 spiro atoms. The van der Waals surface area contributed by atoms with Gasteiger partial charge in [0.25, 0.3) is 0 Å². The van der Waals surface area contributed by atoms with Gasteiger partial charge in [-0.05, 0) is 42.5 Å². The van der Waals surface area contributed by atoms with Crippen LogP contribution in [0.5, 0.6) is 5.75 Å². The van der Waals surface area contributed by atoms with Crippen molar-refractivity contribution in [3.8, 4) is 5.75 Å². The molecule has 0 saturated carbocycles. The van der Waals surface area contributed by atoms with Crippen molar-refractivity contribution in [2.24, 2.45) is 0 Å². The maximum Gasteiger partial charge on any atom is 0.352 e. The molecule has 25 heavy (non-hydrogen) atoms.